The van der Waals surface area contributed by atoms with E-state index in [1.54, 1.807) is 18.2 Å². The zero-order valence-electron chi connectivity index (χ0n) is 17.7. The molecule has 0 saturated heterocycles. The van der Waals surface area contributed by atoms with E-state index in [2.05, 4.69) is 15.8 Å². The van der Waals surface area contributed by atoms with Crippen molar-refractivity contribution in [3.05, 3.63) is 53.1 Å². The van der Waals surface area contributed by atoms with E-state index < -0.39 is 0 Å². The maximum atomic E-state index is 11.9. The fraction of sp³-hybridized carbons (Fsp3) is 0.318. The van der Waals surface area contributed by atoms with E-state index in [1.165, 1.54) is 13.3 Å². The van der Waals surface area contributed by atoms with Crippen LogP contribution in [0.1, 0.15) is 23.6 Å². The number of carbonyl (C=O) groups excluding carboxylic acids is 2. The second-order valence-corrected chi connectivity index (χ2v) is 6.56. The number of ether oxygens (including phenoxy) is 3. The Morgan fingerprint density at radius 1 is 0.967 bits per heavy atom. The smallest absolute Gasteiger partial charge is 0.277 e. The lowest BCUT2D eigenvalue weighted by Gasteiger charge is -2.11. The van der Waals surface area contributed by atoms with Gasteiger partial charge in [0.1, 0.15) is 5.75 Å². The average molecular weight is 413 g/mol. The zero-order chi connectivity index (χ0) is 21.9. The molecule has 160 valence electrons. The summed E-state index contributed by atoms with van der Waals surface area (Å²) in [6.07, 6.45) is 1.48. The van der Waals surface area contributed by atoms with Crippen LogP contribution in [0.15, 0.2) is 41.5 Å². The Hall–Kier alpha value is -3.55. The van der Waals surface area contributed by atoms with Crippen LogP contribution >= 0.6 is 0 Å². The molecule has 30 heavy (non-hydrogen) atoms. The molecule has 2 N–H and O–H groups in total. The SMILES string of the molecule is CCNC(=O)COc1ccc(C=NNC(=O)COc2cc(C)cc(C)c2)cc1OC. The molecule has 0 aromatic heterocycles. The summed E-state index contributed by atoms with van der Waals surface area (Å²) in [7, 11) is 1.50. The van der Waals surface area contributed by atoms with Crippen LogP contribution in [0.5, 0.6) is 17.2 Å². The number of nitrogens with one attached hydrogen (secondary N) is 2. The molecule has 2 aromatic carbocycles. The van der Waals surface area contributed by atoms with Crippen molar-refractivity contribution >= 4 is 18.0 Å². The summed E-state index contributed by atoms with van der Waals surface area (Å²) >= 11 is 0. The average Bonchev–Trinajstić information content (AvgIpc) is 2.70. The normalized spacial score (nSPS) is 10.5. The van der Waals surface area contributed by atoms with E-state index in [0.29, 0.717) is 29.4 Å². The maximum absolute atomic E-state index is 11.9. The number of carbonyl (C=O) groups is 2. The molecule has 0 heterocycles. The van der Waals surface area contributed by atoms with Crippen molar-refractivity contribution in [3.63, 3.8) is 0 Å². The van der Waals surface area contributed by atoms with Gasteiger partial charge in [-0.15, -0.1) is 0 Å². The van der Waals surface area contributed by atoms with Crippen molar-refractivity contribution in [1.29, 1.82) is 0 Å². The molecule has 0 atom stereocenters. The number of benzene rings is 2. The quantitative estimate of drug-likeness (QED) is 0.460. The summed E-state index contributed by atoms with van der Waals surface area (Å²) in [6.45, 7) is 6.06. The minimum absolute atomic E-state index is 0.103. The van der Waals surface area contributed by atoms with Gasteiger partial charge in [0.05, 0.1) is 13.3 Å². The van der Waals surface area contributed by atoms with Gasteiger partial charge >= 0.3 is 0 Å². The van der Waals surface area contributed by atoms with Gasteiger partial charge < -0.3 is 19.5 Å². The van der Waals surface area contributed by atoms with E-state index in [1.807, 2.05) is 39.0 Å². The van der Waals surface area contributed by atoms with E-state index in [0.717, 1.165) is 11.1 Å². The summed E-state index contributed by atoms with van der Waals surface area (Å²) in [4.78, 5) is 23.4. The van der Waals surface area contributed by atoms with Gasteiger partial charge in [0.15, 0.2) is 24.7 Å². The molecule has 8 heteroatoms. The fourth-order valence-electron chi connectivity index (χ4n) is 2.65. The summed E-state index contributed by atoms with van der Waals surface area (Å²) in [5.74, 6) is 0.939. The predicted octanol–water partition coefficient (Wildman–Crippen LogP) is 2.36. The number of likely N-dealkylation sites (N-methyl/N-ethyl adjacent to an activating group) is 1. The molecule has 0 aliphatic carbocycles. The molecule has 2 aromatic rings. The third-order valence-corrected chi connectivity index (χ3v) is 3.89. The highest BCUT2D eigenvalue weighted by Gasteiger charge is 2.08. The number of hydrazone groups is 1. The van der Waals surface area contributed by atoms with Gasteiger partial charge in [-0.3, -0.25) is 9.59 Å². The van der Waals surface area contributed by atoms with Crippen LogP contribution in [0, 0.1) is 13.8 Å². The summed E-state index contributed by atoms with van der Waals surface area (Å²) in [5, 5.41) is 6.58. The van der Waals surface area contributed by atoms with E-state index in [4.69, 9.17) is 14.2 Å². The number of hydrogen-bond donors (Lipinski definition) is 2. The lowest BCUT2D eigenvalue weighted by atomic mass is 10.1. The number of amides is 2. The first-order valence-corrected chi connectivity index (χ1v) is 9.51. The molecule has 0 fully saturated rings. The Morgan fingerprint density at radius 2 is 1.67 bits per heavy atom. The van der Waals surface area contributed by atoms with Crippen LogP contribution in [0.3, 0.4) is 0 Å². The Balaban J connectivity index is 1.87. The standard InChI is InChI=1S/C22H27N3O5/c1-5-23-21(26)13-30-19-7-6-17(11-20(19)28-4)12-24-25-22(27)14-29-18-9-15(2)8-16(3)10-18/h6-12H,5,13-14H2,1-4H3,(H,23,26)(H,25,27). The number of rotatable bonds is 10. The van der Waals surface area contributed by atoms with Crippen LogP contribution in [0.25, 0.3) is 0 Å². The molecule has 0 aliphatic heterocycles. The molecule has 0 radical (unpaired) electrons. The molecule has 0 bridgehead atoms. The van der Waals surface area contributed by atoms with Crippen LogP contribution in [0.2, 0.25) is 0 Å². The zero-order valence-corrected chi connectivity index (χ0v) is 17.7. The minimum Gasteiger partial charge on any atom is -0.493 e. The van der Waals surface area contributed by atoms with Crippen molar-refractivity contribution in [2.45, 2.75) is 20.8 Å². The Kier molecular flexibility index (Phi) is 8.68. The molecule has 2 rings (SSSR count). The van der Waals surface area contributed by atoms with Crippen molar-refractivity contribution in [2.24, 2.45) is 5.10 Å². The summed E-state index contributed by atoms with van der Waals surface area (Å²) in [6, 6.07) is 10.9. The lowest BCUT2D eigenvalue weighted by Crippen LogP contribution is -2.28. The first-order valence-electron chi connectivity index (χ1n) is 9.51. The minimum atomic E-state index is -0.376. The van der Waals surface area contributed by atoms with Crippen LogP contribution in [0.4, 0.5) is 0 Å². The Morgan fingerprint density at radius 3 is 2.33 bits per heavy atom. The largest absolute Gasteiger partial charge is 0.493 e. The highest BCUT2D eigenvalue weighted by molar-refractivity contribution is 5.84. The van der Waals surface area contributed by atoms with Crippen molar-refractivity contribution in [2.75, 3.05) is 26.9 Å². The highest BCUT2D eigenvalue weighted by Crippen LogP contribution is 2.27. The van der Waals surface area contributed by atoms with Crippen LogP contribution < -0.4 is 25.0 Å². The molecular weight excluding hydrogens is 386 g/mol. The van der Waals surface area contributed by atoms with Crippen molar-refractivity contribution < 1.29 is 23.8 Å². The predicted molar refractivity (Wildman–Crippen MR) is 114 cm³/mol. The fourth-order valence-corrected chi connectivity index (χ4v) is 2.65. The molecule has 0 aliphatic rings. The van der Waals surface area contributed by atoms with Gasteiger partial charge in [-0.05, 0) is 67.8 Å². The van der Waals surface area contributed by atoms with Gasteiger partial charge in [0.2, 0.25) is 0 Å². The van der Waals surface area contributed by atoms with Crippen LogP contribution in [-0.2, 0) is 9.59 Å². The molecule has 0 spiro atoms. The van der Waals surface area contributed by atoms with Gasteiger partial charge in [-0.2, -0.15) is 5.10 Å². The van der Waals surface area contributed by atoms with Crippen LogP contribution in [-0.4, -0.2) is 44.9 Å². The summed E-state index contributed by atoms with van der Waals surface area (Å²) < 4.78 is 16.2. The van der Waals surface area contributed by atoms with E-state index in [-0.39, 0.29) is 25.0 Å². The third kappa shape index (κ3) is 7.46. The lowest BCUT2D eigenvalue weighted by molar-refractivity contribution is -0.123. The molecule has 0 unspecified atom stereocenters. The number of hydrogen-bond acceptors (Lipinski definition) is 6. The maximum Gasteiger partial charge on any atom is 0.277 e. The van der Waals surface area contributed by atoms with Crippen molar-refractivity contribution in [3.8, 4) is 17.2 Å². The summed E-state index contributed by atoms with van der Waals surface area (Å²) in [5.41, 5.74) is 5.24. The van der Waals surface area contributed by atoms with Gasteiger partial charge in [-0.25, -0.2) is 5.43 Å². The van der Waals surface area contributed by atoms with Crippen molar-refractivity contribution in [1.82, 2.24) is 10.7 Å². The molecular formula is C22H27N3O5. The first-order chi connectivity index (χ1) is 14.4. The second-order valence-electron chi connectivity index (χ2n) is 6.56. The van der Waals surface area contributed by atoms with E-state index in [9.17, 15) is 9.59 Å². The highest BCUT2D eigenvalue weighted by atomic mass is 16.5. The number of methoxy groups -OCH3 is 1. The first kappa shape index (κ1) is 22.7. The molecule has 2 amide bonds. The molecule has 0 saturated carbocycles. The Labute approximate surface area is 176 Å². The topological polar surface area (TPSA) is 98.2 Å². The Bertz CT molecular complexity index is 891. The molecule has 8 nitrogen and oxygen atoms in total. The number of aryl methyl sites for hydroxylation is 2. The van der Waals surface area contributed by atoms with E-state index >= 15 is 0 Å². The van der Waals surface area contributed by atoms with Gasteiger partial charge in [0, 0.05) is 6.54 Å². The monoisotopic (exact) mass is 413 g/mol. The third-order valence-electron chi connectivity index (χ3n) is 3.89. The van der Waals surface area contributed by atoms with Gasteiger partial charge in [0.25, 0.3) is 11.8 Å². The number of nitrogens with zero attached hydrogens (tertiary/aromatic N) is 1. The van der Waals surface area contributed by atoms with Gasteiger partial charge in [-0.1, -0.05) is 6.07 Å². The second kappa shape index (κ2) is 11.5.